The van der Waals surface area contributed by atoms with Crippen molar-refractivity contribution >= 4 is 45.9 Å². The van der Waals surface area contributed by atoms with E-state index in [1.807, 2.05) is 59.5 Å². The van der Waals surface area contributed by atoms with Crippen LogP contribution in [0, 0.1) is 15.5 Å². The van der Waals surface area contributed by atoms with Crippen molar-refractivity contribution in [3.8, 4) is 0 Å². The van der Waals surface area contributed by atoms with E-state index in [4.69, 9.17) is 12.2 Å². The quantitative estimate of drug-likeness (QED) is 0.239. The van der Waals surface area contributed by atoms with Crippen LogP contribution < -0.4 is 15.5 Å². The second kappa shape index (κ2) is 9.20. The number of para-hydroxylation sites is 3. The van der Waals surface area contributed by atoms with Gasteiger partial charge in [-0.15, -0.1) is 0 Å². The normalized spacial score (nSPS) is 18.4. The lowest BCUT2D eigenvalue weighted by Crippen LogP contribution is -2.41. The van der Waals surface area contributed by atoms with Crippen LogP contribution in [0.2, 0.25) is 0 Å². The number of nitro groups is 1. The third-order valence-corrected chi connectivity index (χ3v) is 6.86. The fourth-order valence-corrected chi connectivity index (χ4v) is 5.33. The van der Waals surface area contributed by atoms with Crippen molar-refractivity contribution in [3.05, 3.63) is 106 Å². The van der Waals surface area contributed by atoms with Crippen molar-refractivity contribution < 1.29 is 9.72 Å². The zero-order valence-electron chi connectivity index (χ0n) is 20.0. The first-order valence-corrected chi connectivity index (χ1v) is 12.2. The molecule has 7 nitrogen and oxygen atoms in total. The molecule has 0 fully saturated rings. The topological polar surface area (TPSA) is 87.5 Å². The summed E-state index contributed by atoms with van der Waals surface area (Å²) in [7, 11) is 0. The van der Waals surface area contributed by atoms with Gasteiger partial charge in [0, 0.05) is 35.5 Å². The highest BCUT2D eigenvalue weighted by molar-refractivity contribution is 7.80. The number of nitrogens with zero attached hydrogens (tertiary/aromatic N) is 2. The van der Waals surface area contributed by atoms with Gasteiger partial charge >= 0.3 is 0 Å². The molecule has 1 atom stereocenters. The Hall–Kier alpha value is -4.04. The minimum atomic E-state index is -0.565. The molecule has 182 valence electrons. The summed E-state index contributed by atoms with van der Waals surface area (Å²) in [6.45, 7) is 4.18. The predicted molar refractivity (Wildman–Crippen MR) is 146 cm³/mol. The first kappa shape index (κ1) is 23.7. The molecule has 5 rings (SSSR count). The van der Waals surface area contributed by atoms with Gasteiger partial charge in [-0.1, -0.05) is 44.2 Å². The van der Waals surface area contributed by atoms with Gasteiger partial charge in [0.2, 0.25) is 0 Å². The van der Waals surface area contributed by atoms with E-state index in [0.29, 0.717) is 23.5 Å². The fourth-order valence-electron chi connectivity index (χ4n) is 5.01. The number of nitrogens with one attached hydrogen (secondary N) is 2. The smallest absolute Gasteiger partial charge is 0.269 e. The molecule has 0 aromatic heterocycles. The van der Waals surface area contributed by atoms with Crippen molar-refractivity contribution in [1.82, 2.24) is 0 Å². The minimum Gasteiger partial charge on any atom is -0.357 e. The molecular weight excluding hydrogens is 472 g/mol. The molecule has 8 heteroatoms. The van der Waals surface area contributed by atoms with Crippen LogP contribution in [-0.2, 0) is 4.79 Å². The number of carbonyl (C=O) groups is 1. The lowest BCUT2D eigenvalue weighted by molar-refractivity contribution is -0.384. The summed E-state index contributed by atoms with van der Waals surface area (Å²) >= 11 is 5.96. The van der Waals surface area contributed by atoms with E-state index in [1.165, 1.54) is 12.1 Å². The maximum atomic E-state index is 13.7. The Balaban J connectivity index is 1.72. The van der Waals surface area contributed by atoms with Crippen LogP contribution in [0.25, 0.3) is 0 Å². The van der Waals surface area contributed by atoms with E-state index in [9.17, 15) is 14.9 Å². The number of allylic oxidation sites excluding steroid dienone is 1. The molecule has 0 spiro atoms. The number of benzene rings is 3. The van der Waals surface area contributed by atoms with Crippen molar-refractivity contribution in [2.45, 2.75) is 32.7 Å². The number of Topliss-reactive ketones (excluding diaryl/α,β-unsaturated/α-hetero) is 1. The monoisotopic (exact) mass is 498 g/mol. The molecule has 0 saturated heterocycles. The lowest BCUT2D eigenvalue weighted by Gasteiger charge is -2.38. The van der Waals surface area contributed by atoms with E-state index in [-0.39, 0.29) is 16.9 Å². The van der Waals surface area contributed by atoms with Crippen LogP contribution in [0.15, 0.2) is 90.1 Å². The van der Waals surface area contributed by atoms with Crippen molar-refractivity contribution in [2.75, 3.05) is 15.5 Å². The van der Waals surface area contributed by atoms with Gasteiger partial charge in [-0.05, 0) is 66.0 Å². The third-order valence-electron chi connectivity index (χ3n) is 6.56. The Morgan fingerprint density at radius 2 is 1.69 bits per heavy atom. The van der Waals surface area contributed by atoms with Crippen molar-refractivity contribution in [2.24, 2.45) is 5.41 Å². The number of nitro benzene ring substituents is 1. The predicted octanol–water partition coefficient (Wildman–Crippen LogP) is 6.61. The summed E-state index contributed by atoms with van der Waals surface area (Å²) in [6.07, 6.45) is 1.10. The molecule has 0 saturated carbocycles. The Labute approximate surface area is 215 Å². The average molecular weight is 499 g/mol. The van der Waals surface area contributed by atoms with Gasteiger partial charge in [0.15, 0.2) is 10.9 Å². The zero-order valence-corrected chi connectivity index (χ0v) is 20.8. The van der Waals surface area contributed by atoms with E-state index >= 15 is 0 Å². The third kappa shape index (κ3) is 4.47. The van der Waals surface area contributed by atoms with Crippen LogP contribution in [0.5, 0.6) is 0 Å². The number of anilines is 3. The highest BCUT2D eigenvalue weighted by atomic mass is 32.1. The summed E-state index contributed by atoms with van der Waals surface area (Å²) in [6, 6.07) is 23.3. The summed E-state index contributed by atoms with van der Waals surface area (Å²) in [5.74, 6) is 0.0393. The van der Waals surface area contributed by atoms with E-state index in [1.54, 1.807) is 12.1 Å². The number of hydrogen-bond acceptors (Lipinski definition) is 5. The zero-order chi connectivity index (χ0) is 25.4. The minimum absolute atomic E-state index is 0.00672. The van der Waals surface area contributed by atoms with Gasteiger partial charge in [-0.2, -0.15) is 0 Å². The highest BCUT2D eigenvalue weighted by Gasteiger charge is 2.42. The molecule has 3 aromatic carbocycles. The fraction of sp³-hybridized carbons (Fsp3) is 0.214. The highest BCUT2D eigenvalue weighted by Crippen LogP contribution is 2.48. The lowest BCUT2D eigenvalue weighted by atomic mass is 9.73. The van der Waals surface area contributed by atoms with Gasteiger partial charge in [-0.25, -0.2) is 0 Å². The SMILES string of the molecule is CC1(C)CC(=O)C2=C(C1)Nc1ccccc1N(C(=S)Nc1ccccc1)C2c1ccc([N+](=O)[O-])cc1. The molecule has 1 aliphatic heterocycles. The van der Waals surface area contributed by atoms with E-state index in [0.717, 1.165) is 28.3 Å². The molecule has 1 unspecified atom stereocenters. The molecule has 1 aliphatic carbocycles. The summed E-state index contributed by atoms with van der Waals surface area (Å²) in [5.41, 5.74) is 4.52. The first-order valence-electron chi connectivity index (χ1n) is 11.8. The largest absolute Gasteiger partial charge is 0.357 e. The Bertz CT molecular complexity index is 1380. The van der Waals surface area contributed by atoms with Gasteiger partial charge in [-0.3, -0.25) is 14.9 Å². The Morgan fingerprint density at radius 3 is 2.39 bits per heavy atom. The molecule has 0 bridgehead atoms. The van der Waals surface area contributed by atoms with Crippen LogP contribution in [0.1, 0.15) is 38.3 Å². The van der Waals surface area contributed by atoms with Gasteiger partial charge in [0.05, 0.1) is 22.3 Å². The van der Waals surface area contributed by atoms with Gasteiger partial charge < -0.3 is 15.5 Å². The van der Waals surface area contributed by atoms with Crippen LogP contribution in [-0.4, -0.2) is 15.8 Å². The van der Waals surface area contributed by atoms with E-state index in [2.05, 4.69) is 24.5 Å². The molecule has 0 radical (unpaired) electrons. The molecule has 0 amide bonds. The first-order chi connectivity index (χ1) is 17.2. The molecule has 36 heavy (non-hydrogen) atoms. The maximum Gasteiger partial charge on any atom is 0.269 e. The Morgan fingerprint density at radius 1 is 1.03 bits per heavy atom. The van der Waals surface area contributed by atoms with Crippen LogP contribution in [0.3, 0.4) is 0 Å². The summed E-state index contributed by atoms with van der Waals surface area (Å²) in [4.78, 5) is 26.6. The molecule has 1 heterocycles. The summed E-state index contributed by atoms with van der Waals surface area (Å²) < 4.78 is 0. The number of non-ortho nitro benzene ring substituents is 1. The second-order valence-electron chi connectivity index (χ2n) is 9.89. The average Bonchev–Trinajstić information content (AvgIpc) is 2.98. The Kier molecular flexibility index (Phi) is 6.05. The number of hydrogen-bond donors (Lipinski definition) is 2. The summed E-state index contributed by atoms with van der Waals surface area (Å²) in [5, 5.41) is 18.6. The number of rotatable bonds is 3. The number of ketones is 1. The number of fused-ring (bicyclic) bond motifs is 1. The van der Waals surface area contributed by atoms with Crippen molar-refractivity contribution in [3.63, 3.8) is 0 Å². The van der Waals surface area contributed by atoms with Crippen LogP contribution in [0.4, 0.5) is 22.7 Å². The number of carbonyl (C=O) groups excluding carboxylic acids is 1. The van der Waals surface area contributed by atoms with Crippen molar-refractivity contribution in [1.29, 1.82) is 0 Å². The van der Waals surface area contributed by atoms with Crippen LogP contribution >= 0.6 is 12.2 Å². The standard InChI is InChI=1S/C28H26N4O3S/c1-28(2)16-22-25(24(33)17-28)26(18-12-14-20(15-13-18)32(34)35)31(23-11-7-6-10-21(23)30-22)27(36)29-19-8-4-3-5-9-19/h3-15,26,30H,16-17H2,1-2H3,(H,29,36). The molecular formula is C28H26N4O3S. The number of thiocarbonyl (C=S) groups is 1. The second-order valence-corrected chi connectivity index (χ2v) is 10.3. The van der Waals surface area contributed by atoms with Gasteiger partial charge in [0.1, 0.15) is 0 Å². The van der Waals surface area contributed by atoms with E-state index < -0.39 is 11.0 Å². The molecule has 3 aromatic rings. The maximum absolute atomic E-state index is 13.7. The van der Waals surface area contributed by atoms with Gasteiger partial charge in [0.25, 0.3) is 5.69 Å². The molecule has 2 N–H and O–H groups in total. The molecule has 2 aliphatic rings.